The lowest BCUT2D eigenvalue weighted by Gasteiger charge is -2.20. The van der Waals surface area contributed by atoms with Crippen LogP contribution in [0.3, 0.4) is 0 Å². The zero-order chi connectivity index (χ0) is 13.2. The third-order valence-corrected chi connectivity index (χ3v) is 2.77. The van der Waals surface area contributed by atoms with Gasteiger partial charge in [0, 0.05) is 30.2 Å². The summed E-state index contributed by atoms with van der Waals surface area (Å²) in [6.07, 6.45) is 2.55. The Balaban J connectivity index is 2.00. The number of hydrogen-bond acceptors (Lipinski definition) is 1. The van der Waals surface area contributed by atoms with E-state index in [1.807, 2.05) is 39.1 Å². The summed E-state index contributed by atoms with van der Waals surface area (Å²) in [5.74, 6) is 0.0975. The van der Waals surface area contributed by atoms with Crippen LogP contribution < -0.4 is 5.32 Å². The van der Waals surface area contributed by atoms with Crippen molar-refractivity contribution in [3.63, 3.8) is 0 Å². The molecule has 1 aromatic carbocycles. The van der Waals surface area contributed by atoms with Gasteiger partial charge in [-0.15, -0.1) is 0 Å². The second-order valence-corrected chi connectivity index (χ2v) is 5.62. The fraction of sp³-hybridized carbons (Fsp3) is 0.400. The third kappa shape index (κ3) is 3.13. The Kier molecular flexibility index (Phi) is 3.41. The number of rotatable bonds is 3. The fourth-order valence-corrected chi connectivity index (χ4v) is 2.04. The van der Waals surface area contributed by atoms with Gasteiger partial charge < -0.3 is 9.88 Å². The number of amides is 1. The summed E-state index contributed by atoms with van der Waals surface area (Å²) in [4.78, 5) is 11.8. The summed E-state index contributed by atoms with van der Waals surface area (Å²) >= 11 is 0. The summed E-state index contributed by atoms with van der Waals surface area (Å²) in [6, 6.07) is 10.3. The third-order valence-electron chi connectivity index (χ3n) is 2.77. The molecule has 0 spiro atoms. The number of aromatic nitrogens is 1. The molecule has 0 atom stereocenters. The topological polar surface area (TPSA) is 34.0 Å². The minimum atomic E-state index is -0.157. The van der Waals surface area contributed by atoms with E-state index in [9.17, 15) is 4.79 Å². The lowest BCUT2D eigenvalue weighted by Crippen LogP contribution is -2.40. The molecule has 0 saturated heterocycles. The van der Waals surface area contributed by atoms with Crippen LogP contribution in [0.4, 0.5) is 0 Å². The number of aryl methyl sites for hydroxylation is 1. The monoisotopic (exact) mass is 244 g/mol. The summed E-state index contributed by atoms with van der Waals surface area (Å²) < 4.78 is 2.12. The first kappa shape index (κ1) is 12.7. The lowest BCUT2D eigenvalue weighted by molar-refractivity contribution is -0.122. The number of carbonyl (C=O) groups excluding carboxylic acids is 1. The van der Waals surface area contributed by atoms with Crippen LogP contribution in [0.2, 0.25) is 0 Å². The minimum Gasteiger partial charge on any atom is -0.351 e. The van der Waals surface area contributed by atoms with Crippen molar-refractivity contribution in [2.24, 2.45) is 0 Å². The molecule has 0 aliphatic carbocycles. The van der Waals surface area contributed by atoms with Crippen LogP contribution in [0.1, 0.15) is 27.2 Å². The summed E-state index contributed by atoms with van der Waals surface area (Å²) in [6.45, 7) is 6.71. The number of carbonyl (C=O) groups is 1. The molecule has 18 heavy (non-hydrogen) atoms. The molecule has 1 amide bonds. The molecular weight excluding hydrogens is 224 g/mol. The molecule has 2 rings (SSSR count). The Morgan fingerprint density at radius 2 is 1.94 bits per heavy atom. The van der Waals surface area contributed by atoms with Gasteiger partial charge in [0.05, 0.1) is 0 Å². The molecular formula is C15H20N2O. The molecule has 3 nitrogen and oxygen atoms in total. The predicted molar refractivity (Wildman–Crippen MR) is 74.5 cm³/mol. The van der Waals surface area contributed by atoms with Gasteiger partial charge in [0.1, 0.15) is 0 Å². The molecule has 0 aliphatic heterocycles. The van der Waals surface area contributed by atoms with Crippen LogP contribution in [-0.2, 0) is 11.3 Å². The maximum Gasteiger partial charge on any atom is 0.222 e. The van der Waals surface area contributed by atoms with E-state index in [0.29, 0.717) is 6.42 Å². The highest BCUT2D eigenvalue weighted by atomic mass is 16.1. The summed E-state index contributed by atoms with van der Waals surface area (Å²) in [7, 11) is 0. The van der Waals surface area contributed by atoms with E-state index in [4.69, 9.17) is 0 Å². The molecule has 2 aromatic rings. The second-order valence-electron chi connectivity index (χ2n) is 5.62. The second kappa shape index (κ2) is 4.84. The van der Waals surface area contributed by atoms with E-state index in [2.05, 4.69) is 28.1 Å². The number of benzene rings is 1. The maximum absolute atomic E-state index is 11.8. The van der Waals surface area contributed by atoms with Crippen molar-refractivity contribution in [2.45, 2.75) is 39.3 Å². The van der Waals surface area contributed by atoms with E-state index in [-0.39, 0.29) is 11.4 Å². The zero-order valence-corrected chi connectivity index (χ0v) is 11.2. The number of para-hydroxylation sites is 1. The van der Waals surface area contributed by atoms with Gasteiger partial charge >= 0.3 is 0 Å². The van der Waals surface area contributed by atoms with Crippen molar-refractivity contribution in [1.29, 1.82) is 0 Å². The molecule has 0 saturated carbocycles. The van der Waals surface area contributed by atoms with Gasteiger partial charge in [-0.25, -0.2) is 0 Å². The predicted octanol–water partition coefficient (Wildman–Crippen LogP) is 2.95. The molecule has 0 bridgehead atoms. The van der Waals surface area contributed by atoms with Crippen LogP contribution >= 0.6 is 0 Å². The molecule has 96 valence electrons. The number of nitrogens with one attached hydrogen (secondary N) is 1. The Morgan fingerprint density at radius 1 is 1.22 bits per heavy atom. The Hall–Kier alpha value is -1.77. The summed E-state index contributed by atoms with van der Waals surface area (Å²) in [5.41, 5.74) is 1.02. The molecule has 0 aliphatic rings. The van der Waals surface area contributed by atoms with Gasteiger partial charge in [-0.2, -0.15) is 0 Å². The number of nitrogens with zero attached hydrogens (tertiary/aromatic N) is 1. The SMILES string of the molecule is CC(C)(C)NC(=O)CCn1ccc2ccccc21. The van der Waals surface area contributed by atoms with Crippen LogP contribution in [0, 0.1) is 0 Å². The van der Waals surface area contributed by atoms with E-state index in [1.54, 1.807) is 0 Å². The van der Waals surface area contributed by atoms with Gasteiger partial charge in [-0.05, 0) is 38.3 Å². The van der Waals surface area contributed by atoms with Gasteiger partial charge in [0.15, 0.2) is 0 Å². The molecule has 1 N–H and O–H groups in total. The normalized spacial score (nSPS) is 11.7. The van der Waals surface area contributed by atoms with E-state index >= 15 is 0 Å². The quantitative estimate of drug-likeness (QED) is 0.885. The van der Waals surface area contributed by atoms with E-state index in [1.165, 1.54) is 10.9 Å². The van der Waals surface area contributed by atoms with Gasteiger partial charge in [0.25, 0.3) is 0 Å². The molecule has 0 fully saturated rings. The summed E-state index contributed by atoms with van der Waals surface area (Å²) in [5, 5.41) is 4.19. The lowest BCUT2D eigenvalue weighted by atomic mass is 10.1. The molecule has 0 unspecified atom stereocenters. The highest BCUT2D eigenvalue weighted by Crippen LogP contribution is 2.15. The first-order valence-corrected chi connectivity index (χ1v) is 6.31. The average molecular weight is 244 g/mol. The number of hydrogen-bond donors (Lipinski definition) is 1. The van der Waals surface area contributed by atoms with Crippen LogP contribution in [0.15, 0.2) is 36.5 Å². The average Bonchev–Trinajstić information content (AvgIpc) is 2.67. The van der Waals surface area contributed by atoms with Crippen molar-refractivity contribution in [3.8, 4) is 0 Å². The van der Waals surface area contributed by atoms with Crippen LogP contribution in [0.5, 0.6) is 0 Å². The maximum atomic E-state index is 11.8. The van der Waals surface area contributed by atoms with Crippen molar-refractivity contribution in [3.05, 3.63) is 36.5 Å². The standard InChI is InChI=1S/C15H20N2O/c1-15(2,3)16-14(18)9-11-17-10-8-12-6-4-5-7-13(12)17/h4-8,10H,9,11H2,1-3H3,(H,16,18). The van der Waals surface area contributed by atoms with Crippen molar-refractivity contribution in [2.75, 3.05) is 0 Å². The smallest absolute Gasteiger partial charge is 0.222 e. The van der Waals surface area contributed by atoms with Crippen LogP contribution in [-0.4, -0.2) is 16.0 Å². The van der Waals surface area contributed by atoms with Gasteiger partial charge in [-0.3, -0.25) is 4.79 Å². The highest BCUT2D eigenvalue weighted by Gasteiger charge is 2.13. The molecule has 3 heteroatoms. The Morgan fingerprint density at radius 3 is 2.67 bits per heavy atom. The largest absolute Gasteiger partial charge is 0.351 e. The van der Waals surface area contributed by atoms with Gasteiger partial charge in [-0.1, -0.05) is 18.2 Å². The van der Waals surface area contributed by atoms with Gasteiger partial charge in [0.2, 0.25) is 5.91 Å². The molecule has 1 heterocycles. The first-order chi connectivity index (χ1) is 8.46. The Labute approximate surface area is 108 Å². The minimum absolute atomic E-state index is 0.0975. The van der Waals surface area contributed by atoms with E-state index < -0.39 is 0 Å². The van der Waals surface area contributed by atoms with Crippen molar-refractivity contribution >= 4 is 16.8 Å². The van der Waals surface area contributed by atoms with E-state index in [0.717, 1.165) is 6.54 Å². The van der Waals surface area contributed by atoms with Crippen LogP contribution in [0.25, 0.3) is 10.9 Å². The van der Waals surface area contributed by atoms with Crippen molar-refractivity contribution in [1.82, 2.24) is 9.88 Å². The highest BCUT2D eigenvalue weighted by molar-refractivity contribution is 5.80. The molecule has 1 aromatic heterocycles. The zero-order valence-electron chi connectivity index (χ0n) is 11.2. The fourth-order valence-electron chi connectivity index (χ4n) is 2.04. The first-order valence-electron chi connectivity index (χ1n) is 6.31. The van der Waals surface area contributed by atoms with Crippen molar-refractivity contribution < 1.29 is 4.79 Å². The molecule has 0 radical (unpaired) electrons. The number of fused-ring (bicyclic) bond motifs is 1. The Bertz CT molecular complexity index is 549.